The minimum atomic E-state index is -0.695. The molecule has 0 bridgehead atoms. The van der Waals surface area contributed by atoms with Crippen molar-refractivity contribution in [2.75, 3.05) is 7.11 Å². The molecule has 1 aliphatic heterocycles. The molecule has 2 N–H and O–H groups in total. The number of methoxy groups -OCH3 is 1. The van der Waals surface area contributed by atoms with Gasteiger partial charge in [-0.2, -0.15) is 0 Å². The first-order valence-corrected chi connectivity index (χ1v) is 7.51. The van der Waals surface area contributed by atoms with E-state index < -0.39 is 6.10 Å². The van der Waals surface area contributed by atoms with E-state index in [0.717, 1.165) is 18.6 Å². The maximum absolute atomic E-state index is 13.3. The molecule has 23 heavy (non-hydrogen) atoms. The van der Waals surface area contributed by atoms with Crippen molar-refractivity contribution in [2.24, 2.45) is 0 Å². The molecule has 0 spiro atoms. The van der Waals surface area contributed by atoms with Crippen LogP contribution in [0.2, 0.25) is 0 Å². The number of halogens is 2. The Labute approximate surface area is 141 Å². The predicted octanol–water partition coefficient (Wildman–Crippen LogP) is 3.78. The molecule has 1 heterocycles. The lowest BCUT2D eigenvalue weighted by Crippen LogP contribution is -2.30. The Balaban J connectivity index is 0.00000192. The zero-order valence-electron chi connectivity index (χ0n) is 12.9. The summed E-state index contributed by atoms with van der Waals surface area (Å²) >= 11 is 0. The number of nitrogens with one attached hydrogen (secondary N) is 1. The van der Waals surface area contributed by atoms with E-state index in [2.05, 4.69) is 5.32 Å². The number of aliphatic hydroxyl groups is 1. The molecular weight excluding hydrogens is 317 g/mol. The SMILES string of the molecule is COc1ccc([C@@H]2CC[C@H]([C@@H](O)c3cccc(F)c3)N2)cc1.Cl. The van der Waals surface area contributed by atoms with Crippen molar-refractivity contribution >= 4 is 12.4 Å². The van der Waals surface area contributed by atoms with Crippen LogP contribution in [-0.4, -0.2) is 18.3 Å². The Morgan fingerprint density at radius 3 is 2.57 bits per heavy atom. The molecule has 0 amide bonds. The van der Waals surface area contributed by atoms with Crippen molar-refractivity contribution in [3.05, 3.63) is 65.5 Å². The first-order valence-electron chi connectivity index (χ1n) is 7.51. The highest BCUT2D eigenvalue weighted by atomic mass is 35.5. The summed E-state index contributed by atoms with van der Waals surface area (Å²) in [6, 6.07) is 14.3. The largest absolute Gasteiger partial charge is 0.497 e. The standard InChI is InChI=1S/C18H20FNO2.ClH/c1-22-15-7-5-12(6-8-15)16-9-10-17(20-16)18(21)13-3-2-4-14(19)11-13;/h2-8,11,16-18,20-21H,9-10H2,1H3;1H/t16-,17+,18-;/m0./s1. The highest BCUT2D eigenvalue weighted by Crippen LogP contribution is 2.33. The summed E-state index contributed by atoms with van der Waals surface area (Å²) in [5.41, 5.74) is 1.79. The van der Waals surface area contributed by atoms with Gasteiger partial charge >= 0.3 is 0 Å². The second kappa shape index (κ2) is 7.77. The maximum Gasteiger partial charge on any atom is 0.123 e. The highest BCUT2D eigenvalue weighted by Gasteiger charge is 2.30. The second-order valence-corrected chi connectivity index (χ2v) is 5.68. The Kier molecular flexibility index (Phi) is 5.99. The van der Waals surface area contributed by atoms with Crippen molar-refractivity contribution in [3.8, 4) is 5.75 Å². The van der Waals surface area contributed by atoms with E-state index in [4.69, 9.17) is 4.74 Å². The van der Waals surface area contributed by atoms with Gasteiger partial charge in [0.1, 0.15) is 11.6 Å². The van der Waals surface area contributed by atoms with Gasteiger partial charge in [0.05, 0.1) is 13.2 Å². The van der Waals surface area contributed by atoms with Crippen molar-refractivity contribution in [3.63, 3.8) is 0 Å². The molecule has 5 heteroatoms. The van der Waals surface area contributed by atoms with Crippen LogP contribution in [0.25, 0.3) is 0 Å². The fraction of sp³-hybridized carbons (Fsp3) is 0.333. The third kappa shape index (κ3) is 4.02. The van der Waals surface area contributed by atoms with E-state index in [0.29, 0.717) is 5.56 Å². The van der Waals surface area contributed by atoms with Gasteiger partial charge in [-0.25, -0.2) is 4.39 Å². The van der Waals surface area contributed by atoms with Gasteiger partial charge in [0.25, 0.3) is 0 Å². The molecule has 1 fully saturated rings. The topological polar surface area (TPSA) is 41.5 Å². The highest BCUT2D eigenvalue weighted by molar-refractivity contribution is 5.85. The molecule has 1 aliphatic rings. The van der Waals surface area contributed by atoms with Crippen LogP contribution in [0.1, 0.15) is 36.1 Å². The summed E-state index contributed by atoms with van der Waals surface area (Å²) in [5, 5.41) is 13.9. The van der Waals surface area contributed by atoms with Crippen LogP contribution >= 0.6 is 12.4 Å². The Morgan fingerprint density at radius 2 is 1.91 bits per heavy atom. The number of aliphatic hydroxyl groups excluding tert-OH is 1. The van der Waals surface area contributed by atoms with Crippen molar-refractivity contribution in [1.29, 1.82) is 0 Å². The van der Waals surface area contributed by atoms with Crippen molar-refractivity contribution < 1.29 is 14.2 Å². The lowest BCUT2D eigenvalue weighted by atomic mass is 10.0. The van der Waals surface area contributed by atoms with Crippen LogP contribution in [0.3, 0.4) is 0 Å². The Morgan fingerprint density at radius 1 is 1.17 bits per heavy atom. The number of benzene rings is 2. The molecule has 1 saturated heterocycles. The zero-order chi connectivity index (χ0) is 15.5. The molecule has 2 aromatic carbocycles. The van der Waals surface area contributed by atoms with E-state index in [1.165, 1.54) is 17.7 Å². The molecule has 3 atom stereocenters. The summed E-state index contributed by atoms with van der Waals surface area (Å²) in [6.45, 7) is 0. The molecule has 3 rings (SSSR count). The van der Waals surface area contributed by atoms with Crippen LogP contribution in [-0.2, 0) is 0 Å². The molecule has 0 radical (unpaired) electrons. The van der Waals surface area contributed by atoms with Gasteiger partial charge < -0.3 is 15.2 Å². The van der Waals surface area contributed by atoms with Crippen LogP contribution in [0.5, 0.6) is 5.75 Å². The summed E-state index contributed by atoms with van der Waals surface area (Å²) in [5.74, 6) is 0.513. The van der Waals surface area contributed by atoms with Gasteiger partial charge in [-0.15, -0.1) is 12.4 Å². The molecule has 0 aromatic heterocycles. The third-order valence-corrected chi connectivity index (χ3v) is 4.27. The minimum Gasteiger partial charge on any atom is -0.497 e. The minimum absolute atomic E-state index is 0. The average Bonchev–Trinajstić information content (AvgIpc) is 3.04. The van der Waals surface area contributed by atoms with E-state index in [1.807, 2.05) is 24.3 Å². The second-order valence-electron chi connectivity index (χ2n) is 5.68. The number of hydrogen-bond acceptors (Lipinski definition) is 3. The fourth-order valence-electron chi connectivity index (χ4n) is 3.04. The number of rotatable bonds is 4. The molecule has 0 saturated carbocycles. The van der Waals surface area contributed by atoms with Crippen molar-refractivity contribution in [1.82, 2.24) is 5.32 Å². The molecule has 0 aliphatic carbocycles. The lowest BCUT2D eigenvalue weighted by Gasteiger charge is -2.20. The lowest BCUT2D eigenvalue weighted by molar-refractivity contribution is 0.135. The van der Waals surface area contributed by atoms with Crippen LogP contribution in [0.4, 0.5) is 4.39 Å². The van der Waals surface area contributed by atoms with E-state index in [-0.39, 0.29) is 30.3 Å². The maximum atomic E-state index is 13.3. The van der Waals surface area contributed by atoms with Gasteiger partial charge in [-0.3, -0.25) is 0 Å². The summed E-state index contributed by atoms with van der Waals surface area (Å²) in [6.07, 6.45) is 1.11. The van der Waals surface area contributed by atoms with Crippen LogP contribution in [0, 0.1) is 5.82 Å². The van der Waals surface area contributed by atoms with E-state index in [1.54, 1.807) is 19.2 Å². The predicted molar refractivity (Wildman–Crippen MR) is 90.5 cm³/mol. The van der Waals surface area contributed by atoms with Gasteiger partial charge in [0.2, 0.25) is 0 Å². The summed E-state index contributed by atoms with van der Waals surface area (Å²) in [7, 11) is 1.65. The normalized spacial score (nSPS) is 21.5. The monoisotopic (exact) mass is 337 g/mol. The first-order chi connectivity index (χ1) is 10.7. The molecule has 3 nitrogen and oxygen atoms in total. The summed E-state index contributed by atoms with van der Waals surface area (Å²) in [4.78, 5) is 0. The van der Waals surface area contributed by atoms with Crippen LogP contribution in [0.15, 0.2) is 48.5 Å². The molecular formula is C18H21ClFNO2. The van der Waals surface area contributed by atoms with Gasteiger partial charge in [-0.05, 0) is 48.2 Å². The van der Waals surface area contributed by atoms with Gasteiger partial charge in [-0.1, -0.05) is 24.3 Å². The Hall–Kier alpha value is -1.62. The summed E-state index contributed by atoms with van der Waals surface area (Å²) < 4.78 is 18.4. The van der Waals surface area contributed by atoms with Gasteiger partial charge in [0.15, 0.2) is 0 Å². The Bertz CT molecular complexity index is 635. The third-order valence-electron chi connectivity index (χ3n) is 4.27. The zero-order valence-corrected chi connectivity index (χ0v) is 13.7. The quantitative estimate of drug-likeness (QED) is 0.892. The first kappa shape index (κ1) is 17.7. The molecule has 2 aromatic rings. The smallest absolute Gasteiger partial charge is 0.123 e. The average molecular weight is 338 g/mol. The van der Waals surface area contributed by atoms with Crippen molar-refractivity contribution in [2.45, 2.75) is 31.0 Å². The molecule has 124 valence electrons. The van der Waals surface area contributed by atoms with Crippen LogP contribution < -0.4 is 10.1 Å². The fourth-order valence-corrected chi connectivity index (χ4v) is 3.04. The number of hydrogen-bond donors (Lipinski definition) is 2. The molecule has 0 unspecified atom stereocenters. The van der Waals surface area contributed by atoms with E-state index in [9.17, 15) is 9.50 Å². The number of ether oxygens (including phenoxy) is 1. The van der Waals surface area contributed by atoms with Gasteiger partial charge in [0, 0.05) is 12.1 Å². The van der Waals surface area contributed by atoms with E-state index >= 15 is 0 Å².